The van der Waals surface area contributed by atoms with Crippen molar-refractivity contribution in [3.8, 4) is 16.9 Å². The van der Waals surface area contributed by atoms with Crippen LogP contribution in [0.15, 0.2) is 54.6 Å². The van der Waals surface area contributed by atoms with Gasteiger partial charge in [0.1, 0.15) is 12.4 Å². The van der Waals surface area contributed by atoms with E-state index in [-0.39, 0.29) is 18.3 Å². The standard InChI is InChI=1S/C18H18O3/c19-17(15-10-11-20-12-15)13-21-18-9-5-4-8-16(18)14-6-2-1-3-7-14/h1-9,15H,10-13H2. The predicted molar refractivity (Wildman–Crippen MR) is 81.3 cm³/mol. The van der Waals surface area contributed by atoms with Crippen molar-refractivity contribution in [2.75, 3.05) is 19.8 Å². The van der Waals surface area contributed by atoms with Crippen molar-refractivity contribution in [1.29, 1.82) is 0 Å². The maximum Gasteiger partial charge on any atom is 0.175 e. The molecule has 0 radical (unpaired) electrons. The number of hydrogen-bond acceptors (Lipinski definition) is 3. The summed E-state index contributed by atoms with van der Waals surface area (Å²) in [5, 5.41) is 0. The SMILES string of the molecule is O=C(COc1ccccc1-c1ccccc1)C1CCOC1. The van der Waals surface area contributed by atoms with E-state index in [9.17, 15) is 4.79 Å². The molecular weight excluding hydrogens is 264 g/mol. The zero-order valence-electron chi connectivity index (χ0n) is 11.8. The topological polar surface area (TPSA) is 35.5 Å². The Balaban J connectivity index is 1.72. The van der Waals surface area contributed by atoms with Crippen LogP contribution in [0.4, 0.5) is 0 Å². The van der Waals surface area contributed by atoms with E-state index in [2.05, 4.69) is 0 Å². The van der Waals surface area contributed by atoms with Gasteiger partial charge in [-0.3, -0.25) is 4.79 Å². The zero-order valence-corrected chi connectivity index (χ0v) is 11.8. The van der Waals surface area contributed by atoms with Gasteiger partial charge in [0, 0.05) is 18.1 Å². The first-order valence-corrected chi connectivity index (χ1v) is 7.22. The monoisotopic (exact) mass is 282 g/mol. The summed E-state index contributed by atoms with van der Waals surface area (Å²) in [7, 11) is 0. The van der Waals surface area contributed by atoms with Gasteiger partial charge in [-0.1, -0.05) is 48.5 Å². The van der Waals surface area contributed by atoms with Crippen molar-refractivity contribution in [2.45, 2.75) is 6.42 Å². The predicted octanol–water partition coefficient (Wildman–Crippen LogP) is 3.34. The highest BCUT2D eigenvalue weighted by molar-refractivity contribution is 5.83. The molecule has 108 valence electrons. The Hall–Kier alpha value is -2.13. The van der Waals surface area contributed by atoms with Gasteiger partial charge in [-0.05, 0) is 18.1 Å². The van der Waals surface area contributed by atoms with Crippen LogP contribution in [0.3, 0.4) is 0 Å². The van der Waals surface area contributed by atoms with E-state index in [0.29, 0.717) is 13.2 Å². The van der Waals surface area contributed by atoms with Gasteiger partial charge in [0.05, 0.1) is 6.61 Å². The third kappa shape index (κ3) is 3.31. The minimum Gasteiger partial charge on any atom is -0.485 e. The highest BCUT2D eigenvalue weighted by Crippen LogP contribution is 2.29. The fraction of sp³-hybridized carbons (Fsp3) is 0.278. The van der Waals surface area contributed by atoms with Gasteiger partial charge in [-0.25, -0.2) is 0 Å². The van der Waals surface area contributed by atoms with Crippen LogP contribution in [0, 0.1) is 5.92 Å². The molecule has 3 rings (SSSR count). The van der Waals surface area contributed by atoms with E-state index in [1.165, 1.54) is 0 Å². The van der Waals surface area contributed by atoms with E-state index in [1.807, 2.05) is 54.6 Å². The minimum atomic E-state index is -0.00566. The molecule has 1 aliphatic heterocycles. The van der Waals surface area contributed by atoms with Gasteiger partial charge in [0.2, 0.25) is 0 Å². The zero-order chi connectivity index (χ0) is 14.5. The summed E-state index contributed by atoms with van der Waals surface area (Å²) in [4.78, 5) is 12.1. The number of carbonyl (C=O) groups excluding carboxylic acids is 1. The van der Waals surface area contributed by atoms with E-state index < -0.39 is 0 Å². The van der Waals surface area contributed by atoms with Crippen molar-refractivity contribution in [1.82, 2.24) is 0 Å². The molecule has 0 aliphatic carbocycles. The van der Waals surface area contributed by atoms with E-state index in [4.69, 9.17) is 9.47 Å². The lowest BCUT2D eigenvalue weighted by atomic mass is 10.0. The summed E-state index contributed by atoms with van der Waals surface area (Å²) in [6.07, 6.45) is 0.808. The Bertz CT molecular complexity index is 601. The minimum absolute atomic E-state index is 0.00566. The summed E-state index contributed by atoms with van der Waals surface area (Å²) in [6.45, 7) is 1.32. The average Bonchev–Trinajstić information content (AvgIpc) is 3.08. The summed E-state index contributed by atoms with van der Waals surface area (Å²) in [5.74, 6) is 0.861. The molecule has 0 saturated carbocycles. The fourth-order valence-corrected chi connectivity index (χ4v) is 2.50. The second-order valence-corrected chi connectivity index (χ2v) is 5.18. The van der Waals surface area contributed by atoms with Crippen LogP contribution < -0.4 is 4.74 Å². The number of benzene rings is 2. The molecule has 3 heteroatoms. The normalized spacial score (nSPS) is 17.6. The van der Waals surface area contributed by atoms with Gasteiger partial charge in [-0.15, -0.1) is 0 Å². The molecular formula is C18H18O3. The van der Waals surface area contributed by atoms with Crippen LogP contribution in [-0.2, 0) is 9.53 Å². The molecule has 0 spiro atoms. The molecule has 1 unspecified atom stereocenters. The van der Waals surface area contributed by atoms with Crippen molar-refractivity contribution >= 4 is 5.78 Å². The molecule has 0 aromatic heterocycles. The lowest BCUT2D eigenvalue weighted by molar-refractivity contribution is -0.124. The largest absolute Gasteiger partial charge is 0.485 e. The second-order valence-electron chi connectivity index (χ2n) is 5.18. The molecule has 3 nitrogen and oxygen atoms in total. The van der Waals surface area contributed by atoms with Crippen LogP contribution in [0.25, 0.3) is 11.1 Å². The first-order chi connectivity index (χ1) is 10.3. The average molecular weight is 282 g/mol. The molecule has 2 aromatic rings. The third-order valence-corrected chi connectivity index (χ3v) is 3.73. The molecule has 1 atom stereocenters. The van der Waals surface area contributed by atoms with Gasteiger partial charge in [-0.2, -0.15) is 0 Å². The van der Waals surface area contributed by atoms with Gasteiger partial charge in [0.25, 0.3) is 0 Å². The highest BCUT2D eigenvalue weighted by atomic mass is 16.5. The Kier molecular flexibility index (Phi) is 4.31. The molecule has 0 amide bonds. The molecule has 2 aromatic carbocycles. The van der Waals surface area contributed by atoms with Gasteiger partial charge < -0.3 is 9.47 Å². The number of hydrogen-bond donors (Lipinski definition) is 0. The van der Waals surface area contributed by atoms with E-state index >= 15 is 0 Å². The number of Topliss-reactive ketones (excluding diaryl/α,β-unsaturated/α-hetero) is 1. The van der Waals surface area contributed by atoms with E-state index in [1.54, 1.807) is 0 Å². The first-order valence-electron chi connectivity index (χ1n) is 7.22. The Morgan fingerprint density at radius 2 is 1.86 bits per heavy atom. The maximum absolute atomic E-state index is 12.1. The summed E-state index contributed by atoms with van der Waals surface area (Å²) in [6, 6.07) is 17.8. The van der Waals surface area contributed by atoms with Crippen LogP contribution in [0.1, 0.15) is 6.42 Å². The van der Waals surface area contributed by atoms with Crippen LogP contribution in [0.5, 0.6) is 5.75 Å². The lowest BCUT2D eigenvalue weighted by Crippen LogP contribution is -2.21. The molecule has 21 heavy (non-hydrogen) atoms. The number of carbonyl (C=O) groups is 1. The summed E-state index contributed by atoms with van der Waals surface area (Å²) in [5.41, 5.74) is 2.10. The van der Waals surface area contributed by atoms with Crippen LogP contribution in [-0.4, -0.2) is 25.6 Å². The Morgan fingerprint density at radius 1 is 1.10 bits per heavy atom. The third-order valence-electron chi connectivity index (χ3n) is 3.73. The van der Waals surface area contributed by atoms with E-state index in [0.717, 1.165) is 23.3 Å². The quantitative estimate of drug-likeness (QED) is 0.843. The molecule has 1 saturated heterocycles. The van der Waals surface area contributed by atoms with Gasteiger partial charge in [0.15, 0.2) is 5.78 Å². The summed E-state index contributed by atoms with van der Waals surface area (Å²) >= 11 is 0. The summed E-state index contributed by atoms with van der Waals surface area (Å²) < 4.78 is 11.0. The Labute approximate surface area is 124 Å². The van der Waals surface area contributed by atoms with Crippen molar-refractivity contribution in [3.63, 3.8) is 0 Å². The number of ketones is 1. The van der Waals surface area contributed by atoms with Crippen molar-refractivity contribution in [3.05, 3.63) is 54.6 Å². The highest BCUT2D eigenvalue weighted by Gasteiger charge is 2.23. The number of ether oxygens (including phenoxy) is 2. The smallest absolute Gasteiger partial charge is 0.175 e. The molecule has 1 heterocycles. The maximum atomic E-state index is 12.1. The first kappa shape index (κ1) is 13.8. The van der Waals surface area contributed by atoms with Crippen molar-refractivity contribution in [2.24, 2.45) is 5.92 Å². The fourth-order valence-electron chi connectivity index (χ4n) is 2.50. The number of para-hydroxylation sites is 1. The van der Waals surface area contributed by atoms with Crippen molar-refractivity contribution < 1.29 is 14.3 Å². The molecule has 1 fully saturated rings. The van der Waals surface area contributed by atoms with Crippen LogP contribution in [0.2, 0.25) is 0 Å². The molecule has 1 aliphatic rings. The molecule has 0 N–H and O–H groups in total. The van der Waals surface area contributed by atoms with Gasteiger partial charge >= 0.3 is 0 Å². The number of rotatable bonds is 5. The Morgan fingerprint density at radius 3 is 2.62 bits per heavy atom. The van der Waals surface area contributed by atoms with Crippen LogP contribution >= 0.6 is 0 Å². The second kappa shape index (κ2) is 6.55. The molecule has 0 bridgehead atoms. The lowest BCUT2D eigenvalue weighted by Gasteiger charge is -2.12.